The van der Waals surface area contributed by atoms with Gasteiger partial charge in [-0.15, -0.1) is 0 Å². The van der Waals surface area contributed by atoms with Crippen molar-refractivity contribution in [2.24, 2.45) is 0 Å². The molecule has 0 heterocycles. The van der Waals surface area contributed by atoms with Gasteiger partial charge in [0.2, 0.25) is 8.32 Å². The third-order valence-corrected chi connectivity index (χ3v) is 7.50. The lowest BCUT2D eigenvalue weighted by Crippen LogP contribution is -2.29. The van der Waals surface area contributed by atoms with Crippen LogP contribution in [-0.2, 0) is 21.0 Å². The predicted molar refractivity (Wildman–Crippen MR) is 126 cm³/mol. The van der Waals surface area contributed by atoms with Gasteiger partial charge in [-0.3, -0.25) is 0 Å². The molecule has 178 valence electrons. The van der Waals surface area contributed by atoms with Gasteiger partial charge in [0.1, 0.15) is 21.6 Å². The van der Waals surface area contributed by atoms with E-state index >= 15 is 0 Å². The van der Waals surface area contributed by atoms with Crippen molar-refractivity contribution in [1.82, 2.24) is 0 Å². The molecule has 0 atom stereocenters. The standard InChI is InChI=1S/C21H23OSSi.C2H3F3O3S/c1-24(2,3)22-18-11-10-16-21(17-18)23(19-12-6-4-7-13-19)20-14-8-5-9-15-20;3-2(4,5)1-9(6,7)8/h4-17H,1-3H3;1H2,(H,6,7,8)/q+1;/p-1. The van der Waals surface area contributed by atoms with Crippen LogP contribution in [0.15, 0.2) is 99.6 Å². The molecule has 0 bridgehead atoms. The molecule has 4 nitrogen and oxygen atoms in total. The fourth-order valence-electron chi connectivity index (χ4n) is 2.74. The zero-order valence-corrected chi connectivity index (χ0v) is 21.0. The first-order chi connectivity index (χ1) is 15.2. The molecule has 3 rings (SSSR count). The summed E-state index contributed by atoms with van der Waals surface area (Å²) in [6.45, 7) is 6.65. The topological polar surface area (TPSA) is 66.4 Å². The normalized spacial score (nSPS) is 12.1. The Morgan fingerprint density at radius 2 is 1.27 bits per heavy atom. The lowest BCUT2D eigenvalue weighted by Gasteiger charge is -2.19. The predicted octanol–water partition coefficient (Wildman–Crippen LogP) is 6.09. The molecule has 3 aromatic carbocycles. The van der Waals surface area contributed by atoms with E-state index in [9.17, 15) is 26.1 Å². The summed E-state index contributed by atoms with van der Waals surface area (Å²) in [6, 6.07) is 30.0. The fourth-order valence-corrected chi connectivity index (χ4v) is 6.10. The molecule has 33 heavy (non-hydrogen) atoms. The van der Waals surface area contributed by atoms with E-state index in [4.69, 9.17) is 4.43 Å². The SMILES string of the molecule is C[Si](C)(C)Oc1cccc([S+](c2ccccc2)c2ccccc2)c1.O=S(=O)([O-])CC(F)(F)F. The van der Waals surface area contributed by atoms with Gasteiger partial charge in [0.15, 0.2) is 14.7 Å². The summed E-state index contributed by atoms with van der Waals surface area (Å²) in [5.41, 5.74) is 0. The highest BCUT2D eigenvalue weighted by Crippen LogP contribution is 2.33. The Bertz CT molecular complexity index is 1080. The highest BCUT2D eigenvalue weighted by molar-refractivity contribution is 7.97. The molecule has 0 aliphatic carbocycles. The summed E-state index contributed by atoms with van der Waals surface area (Å²) in [5.74, 6) is -1.31. The summed E-state index contributed by atoms with van der Waals surface area (Å²) in [5, 5.41) is 0. The lowest BCUT2D eigenvalue weighted by molar-refractivity contribution is -0.107. The molecule has 0 aliphatic heterocycles. The smallest absolute Gasteiger partial charge is 0.401 e. The van der Waals surface area contributed by atoms with Crippen LogP contribution in [0.3, 0.4) is 0 Å². The van der Waals surface area contributed by atoms with E-state index in [1.54, 1.807) is 0 Å². The molecular formula is C23H25F3O4S2Si. The monoisotopic (exact) mass is 514 g/mol. The Morgan fingerprint density at radius 1 is 0.818 bits per heavy atom. The van der Waals surface area contributed by atoms with E-state index in [2.05, 4.69) is 105 Å². The van der Waals surface area contributed by atoms with Gasteiger partial charge in [-0.25, -0.2) is 8.42 Å². The van der Waals surface area contributed by atoms with Gasteiger partial charge in [0.05, 0.1) is 10.9 Å². The van der Waals surface area contributed by atoms with E-state index in [0.29, 0.717) is 0 Å². The first-order valence-corrected chi connectivity index (χ1v) is 16.1. The highest BCUT2D eigenvalue weighted by atomic mass is 32.2. The molecule has 0 unspecified atom stereocenters. The Labute approximate surface area is 196 Å². The van der Waals surface area contributed by atoms with Crippen LogP contribution in [0.1, 0.15) is 0 Å². The maximum Gasteiger partial charge on any atom is 0.401 e. The minimum Gasteiger partial charge on any atom is -0.748 e. The number of hydrogen-bond donors (Lipinski definition) is 0. The van der Waals surface area contributed by atoms with E-state index in [0.717, 1.165) is 5.75 Å². The minimum absolute atomic E-state index is 0.118. The quantitative estimate of drug-likeness (QED) is 0.227. The Hall–Kier alpha value is -2.27. The second kappa shape index (κ2) is 11.2. The highest BCUT2D eigenvalue weighted by Gasteiger charge is 2.30. The van der Waals surface area contributed by atoms with Crippen LogP contribution in [0.4, 0.5) is 13.2 Å². The number of halogens is 3. The van der Waals surface area contributed by atoms with E-state index < -0.39 is 30.4 Å². The summed E-state index contributed by atoms with van der Waals surface area (Å²) in [4.78, 5) is 3.95. The molecule has 0 fully saturated rings. The Morgan fingerprint density at radius 3 is 1.64 bits per heavy atom. The van der Waals surface area contributed by atoms with Crippen LogP contribution in [0.2, 0.25) is 19.6 Å². The van der Waals surface area contributed by atoms with Crippen LogP contribution in [0.25, 0.3) is 0 Å². The summed E-state index contributed by atoms with van der Waals surface area (Å²) < 4.78 is 67.2. The van der Waals surface area contributed by atoms with Crippen LogP contribution >= 0.6 is 0 Å². The zero-order valence-electron chi connectivity index (χ0n) is 18.4. The average Bonchev–Trinajstić information content (AvgIpc) is 2.67. The average molecular weight is 515 g/mol. The largest absolute Gasteiger partial charge is 0.748 e. The van der Waals surface area contributed by atoms with Gasteiger partial charge in [0, 0.05) is 6.07 Å². The van der Waals surface area contributed by atoms with Crippen molar-refractivity contribution in [3.8, 4) is 5.75 Å². The van der Waals surface area contributed by atoms with Gasteiger partial charge >= 0.3 is 6.18 Å². The molecule has 0 aliphatic rings. The molecular weight excluding hydrogens is 489 g/mol. The molecule has 0 radical (unpaired) electrons. The Balaban J connectivity index is 0.000000365. The molecule has 0 spiro atoms. The Kier molecular flexibility index (Phi) is 9.18. The van der Waals surface area contributed by atoms with Crippen LogP contribution in [-0.4, -0.2) is 33.2 Å². The van der Waals surface area contributed by atoms with Crippen molar-refractivity contribution in [2.75, 3.05) is 5.75 Å². The number of hydrogen-bond acceptors (Lipinski definition) is 4. The molecule has 0 amide bonds. The lowest BCUT2D eigenvalue weighted by atomic mass is 10.3. The maximum absolute atomic E-state index is 11.0. The number of benzene rings is 3. The fraction of sp³-hybridized carbons (Fsp3) is 0.217. The van der Waals surface area contributed by atoms with E-state index in [-0.39, 0.29) is 10.9 Å². The van der Waals surface area contributed by atoms with Gasteiger partial charge in [0.25, 0.3) is 0 Å². The second-order valence-corrected chi connectivity index (χ2v) is 15.8. The summed E-state index contributed by atoms with van der Waals surface area (Å²) in [7, 11) is -6.89. The number of alkyl halides is 3. The van der Waals surface area contributed by atoms with Crippen LogP contribution < -0.4 is 4.43 Å². The minimum atomic E-state index is -5.16. The second-order valence-electron chi connectivity index (χ2n) is 7.94. The van der Waals surface area contributed by atoms with Crippen molar-refractivity contribution in [3.63, 3.8) is 0 Å². The maximum atomic E-state index is 11.0. The van der Waals surface area contributed by atoms with Gasteiger partial charge in [-0.05, 0) is 56.0 Å². The zero-order chi connectivity index (χ0) is 24.7. The van der Waals surface area contributed by atoms with Crippen molar-refractivity contribution >= 4 is 29.3 Å². The van der Waals surface area contributed by atoms with E-state index in [1.807, 2.05) is 0 Å². The van der Waals surface area contributed by atoms with Crippen molar-refractivity contribution in [3.05, 3.63) is 84.9 Å². The summed E-state index contributed by atoms with van der Waals surface area (Å²) >= 11 is 0. The van der Waals surface area contributed by atoms with Crippen molar-refractivity contribution < 1.29 is 30.6 Å². The molecule has 0 saturated heterocycles. The number of rotatable bonds is 6. The van der Waals surface area contributed by atoms with Gasteiger partial charge in [-0.1, -0.05) is 42.5 Å². The molecule has 0 N–H and O–H groups in total. The van der Waals surface area contributed by atoms with Crippen molar-refractivity contribution in [1.29, 1.82) is 0 Å². The molecule has 3 aromatic rings. The molecule has 0 saturated carbocycles. The van der Waals surface area contributed by atoms with E-state index in [1.165, 1.54) is 14.7 Å². The third-order valence-electron chi connectivity index (χ3n) is 3.76. The first kappa shape index (κ1) is 27.0. The first-order valence-electron chi connectivity index (χ1n) is 9.87. The van der Waals surface area contributed by atoms with Crippen LogP contribution in [0.5, 0.6) is 5.75 Å². The van der Waals surface area contributed by atoms with Crippen LogP contribution in [0, 0.1) is 0 Å². The van der Waals surface area contributed by atoms with Gasteiger partial charge < -0.3 is 8.98 Å². The third kappa shape index (κ3) is 10.5. The van der Waals surface area contributed by atoms with Crippen molar-refractivity contribution in [2.45, 2.75) is 40.5 Å². The molecule has 10 heteroatoms. The van der Waals surface area contributed by atoms with Gasteiger partial charge in [-0.2, -0.15) is 13.2 Å². The molecule has 0 aromatic heterocycles. The summed E-state index contributed by atoms with van der Waals surface area (Å²) in [6.07, 6.45) is -4.92.